The Bertz CT molecular complexity index is 1120. The van der Waals surface area contributed by atoms with Crippen LogP contribution in [0.3, 0.4) is 0 Å². The minimum atomic E-state index is -1.14. The van der Waals surface area contributed by atoms with Gasteiger partial charge in [0.05, 0.1) is 12.2 Å². The van der Waals surface area contributed by atoms with Crippen LogP contribution in [0.25, 0.3) is 11.5 Å². The second-order valence-corrected chi connectivity index (χ2v) is 15.7. The number of rotatable bonds is 7. The molecule has 0 atom stereocenters. The van der Waals surface area contributed by atoms with E-state index in [2.05, 4.69) is 51.8 Å². The lowest BCUT2D eigenvalue weighted by molar-refractivity contribution is 0.0869. The lowest BCUT2D eigenvalue weighted by atomic mass is 10.1. The van der Waals surface area contributed by atoms with E-state index >= 15 is 0 Å². The van der Waals surface area contributed by atoms with Gasteiger partial charge < -0.3 is 14.2 Å². The molecule has 0 N–H and O–H groups in total. The molecule has 0 bridgehead atoms. The summed E-state index contributed by atoms with van der Waals surface area (Å²) in [4.78, 5) is 24.0. The molecule has 0 saturated heterocycles. The van der Waals surface area contributed by atoms with Gasteiger partial charge in [-0.25, -0.2) is 4.98 Å². The zero-order valence-electron chi connectivity index (χ0n) is 18.4. The summed E-state index contributed by atoms with van der Waals surface area (Å²) < 4.78 is 9.00. The normalized spacial score (nSPS) is 13.7. The fourth-order valence-electron chi connectivity index (χ4n) is 3.56. The SMILES string of the molecule is Cc1c(I)nc(-c2cc(N3Cc4ccccc4C3=O)ccn2)n1COCC[Si](C)(C)C. The second kappa shape index (κ2) is 8.83. The Labute approximate surface area is 197 Å². The molecule has 0 radical (unpaired) electrons. The van der Waals surface area contributed by atoms with E-state index in [1.807, 2.05) is 43.3 Å². The molecule has 1 amide bonds. The lowest BCUT2D eigenvalue weighted by Gasteiger charge is -2.18. The Morgan fingerprint density at radius 3 is 2.71 bits per heavy atom. The highest BCUT2D eigenvalue weighted by Crippen LogP contribution is 2.31. The van der Waals surface area contributed by atoms with Gasteiger partial charge in [-0.3, -0.25) is 9.78 Å². The van der Waals surface area contributed by atoms with E-state index in [0.717, 1.165) is 50.4 Å². The number of fused-ring (bicyclic) bond motifs is 1. The molecule has 0 aliphatic carbocycles. The number of nitrogens with zero attached hydrogens (tertiary/aromatic N) is 4. The number of anilines is 1. The van der Waals surface area contributed by atoms with E-state index in [0.29, 0.717) is 13.3 Å². The van der Waals surface area contributed by atoms with Crippen LogP contribution in [-0.4, -0.2) is 35.1 Å². The average Bonchev–Trinajstić information content (AvgIpc) is 3.22. The van der Waals surface area contributed by atoms with E-state index < -0.39 is 8.07 Å². The van der Waals surface area contributed by atoms with Crippen LogP contribution in [0.4, 0.5) is 5.69 Å². The highest BCUT2D eigenvalue weighted by Gasteiger charge is 2.28. The molecule has 8 heteroatoms. The smallest absolute Gasteiger partial charge is 0.258 e. The van der Waals surface area contributed by atoms with Crippen LogP contribution in [0.2, 0.25) is 25.7 Å². The van der Waals surface area contributed by atoms with Gasteiger partial charge in [0, 0.05) is 32.1 Å². The predicted molar refractivity (Wildman–Crippen MR) is 134 cm³/mol. The van der Waals surface area contributed by atoms with Crippen molar-refractivity contribution in [3.8, 4) is 11.5 Å². The van der Waals surface area contributed by atoms with Gasteiger partial charge >= 0.3 is 0 Å². The van der Waals surface area contributed by atoms with Crippen molar-refractivity contribution in [1.82, 2.24) is 14.5 Å². The topological polar surface area (TPSA) is 60.2 Å². The minimum absolute atomic E-state index is 0.0246. The second-order valence-electron chi connectivity index (χ2n) is 9.04. The Hall–Kier alpha value is -2.04. The van der Waals surface area contributed by atoms with Gasteiger partial charge in [0.25, 0.3) is 5.91 Å². The summed E-state index contributed by atoms with van der Waals surface area (Å²) >= 11 is 2.25. The van der Waals surface area contributed by atoms with E-state index in [1.54, 1.807) is 11.1 Å². The average molecular weight is 546 g/mol. The molecule has 0 unspecified atom stereocenters. The Morgan fingerprint density at radius 1 is 1.19 bits per heavy atom. The molecule has 3 heterocycles. The van der Waals surface area contributed by atoms with Gasteiger partial charge in [0.15, 0.2) is 5.82 Å². The molecule has 4 rings (SSSR count). The first-order valence-corrected chi connectivity index (χ1v) is 15.2. The highest BCUT2D eigenvalue weighted by atomic mass is 127. The van der Waals surface area contributed by atoms with Crippen molar-refractivity contribution in [2.75, 3.05) is 11.5 Å². The maximum Gasteiger partial charge on any atom is 0.258 e. The van der Waals surface area contributed by atoms with Crippen LogP contribution in [-0.2, 0) is 18.0 Å². The molecule has 0 saturated carbocycles. The first-order chi connectivity index (χ1) is 14.7. The standard InChI is InChI=1S/C23H27IN4O2Si/c1-16-21(24)26-22(28(16)15-30-11-12-31(2,3)4)20-13-18(9-10-25-20)27-14-17-7-5-6-8-19(17)23(27)29/h5-10,13H,11-12,14-15H2,1-4H3. The van der Waals surface area contributed by atoms with Gasteiger partial charge in [-0.1, -0.05) is 37.8 Å². The maximum atomic E-state index is 12.9. The number of hydrogen-bond donors (Lipinski definition) is 0. The van der Waals surface area contributed by atoms with Crippen LogP contribution in [0.15, 0.2) is 42.6 Å². The first kappa shape index (κ1) is 22.2. The van der Waals surface area contributed by atoms with Crippen molar-refractivity contribution in [1.29, 1.82) is 0 Å². The van der Waals surface area contributed by atoms with Crippen molar-refractivity contribution in [3.63, 3.8) is 0 Å². The number of hydrogen-bond acceptors (Lipinski definition) is 4. The Kier molecular flexibility index (Phi) is 6.31. The summed E-state index contributed by atoms with van der Waals surface area (Å²) in [5.74, 6) is 0.789. The van der Waals surface area contributed by atoms with E-state index in [9.17, 15) is 4.79 Å². The predicted octanol–water partition coefficient (Wildman–Crippen LogP) is 5.33. The molecule has 6 nitrogen and oxygen atoms in total. The van der Waals surface area contributed by atoms with E-state index in [-0.39, 0.29) is 5.91 Å². The van der Waals surface area contributed by atoms with Crippen molar-refractivity contribution in [3.05, 3.63) is 63.1 Å². The van der Waals surface area contributed by atoms with E-state index in [1.165, 1.54) is 0 Å². The van der Waals surface area contributed by atoms with Crippen LogP contribution in [0, 0.1) is 10.6 Å². The van der Waals surface area contributed by atoms with Crippen LogP contribution in [0.5, 0.6) is 0 Å². The summed E-state index contributed by atoms with van der Waals surface area (Å²) in [6, 6.07) is 12.7. The number of ether oxygens (including phenoxy) is 1. The molecule has 0 spiro atoms. The Morgan fingerprint density at radius 2 is 1.97 bits per heavy atom. The van der Waals surface area contributed by atoms with Gasteiger partial charge in [0.2, 0.25) is 0 Å². The fraction of sp³-hybridized carbons (Fsp3) is 0.348. The minimum Gasteiger partial charge on any atom is -0.361 e. The zero-order valence-corrected chi connectivity index (χ0v) is 21.5. The third kappa shape index (κ3) is 4.75. The largest absolute Gasteiger partial charge is 0.361 e. The highest BCUT2D eigenvalue weighted by molar-refractivity contribution is 14.1. The number of pyridine rings is 1. The molecule has 1 aromatic carbocycles. The van der Waals surface area contributed by atoms with Crippen molar-refractivity contribution >= 4 is 42.3 Å². The zero-order chi connectivity index (χ0) is 22.2. The summed E-state index contributed by atoms with van der Waals surface area (Å²) in [7, 11) is -1.14. The van der Waals surface area contributed by atoms with Crippen molar-refractivity contribution < 1.29 is 9.53 Å². The number of amides is 1. The number of carbonyl (C=O) groups excluding carboxylic acids is 1. The molecule has 0 fully saturated rings. The van der Waals surface area contributed by atoms with Crippen LogP contribution in [0.1, 0.15) is 21.6 Å². The summed E-state index contributed by atoms with van der Waals surface area (Å²) in [5.41, 5.74) is 4.44. The number of aromatic nitrogens is 3. The third-order valence-corrected chi connectivity index (χ3v) is 8.21. The number of halogens is 1. The number of imidazole rings is 1. The van der Waals surface area contributed by atoms with Crippen molar-refractivity contribution in [2.45, 2.75) is 45.9 Å². The van der Waals surface area contributed by atoms with Crippen LogP contribution < -0.4 is 4.90 Å². The van der Waals surface area contributed by atoms with Gasteiger partial charge in [-0.2, -0.15) is 0 Å². The molecular weight excluding hydrogens is 519 g/mol. The number of carbonyl (C=O) groups is 1. The lowest BCUT2D eigenvalue weighted by Crippen LogP contribution is -2.23. The number of benzene rings is 1. The van der Waals surface area contributed by atoms with Gasteiger partial charge in [-0.05, 0) is 59.3 Å². The molecule has 31 heavy (non-hydrogen) atoms. The molecule has 1 aliphatic rings. The molecular formula is C23H27IN4O2Si. The summed E-state index contributed by atoms with van der Waals surface area (Å²) in [6.45, 7) is 10.9. The summed E-state index contributed by atoms with van der Waals surface area (Å²) in [5, 5.41) is 0. The maximum absolute atomic E-state index is 12.9. The van der Waals surface area contributed by atoms with Crippen molar-refractivity contribution in [2.24, 2.45) is 0 Å². The van der Waals surface area contributed by atoms with Crippen LogP contribution >= 0.6 is 22.6 Å². The molecule has 1 aliphatic heterocycles. The van der Waals surface area contributed by atoms with Gasteiger partial charge in [-0.15, -0.1) is 0 Å². The quantitative estimate of drug-likeness (QED) is 0.228. The third-order valence-electron chi connectivity index (χ3n) is 5.49. The fourth-order valence-corrected chi connectivity index (χ4v) is 4.84. The molecule has 2 aromatic heterocycles. The molecule has 162 valence electrons. The van der Waals surface area contributed by atoms with Gasteiger partial charge in [0.1, 0.15) is 16.1 Å². The first-order valence-electron chi connectivity index (χ1n) is 10.4. The molecule has 3 aromatic rings. The van der Waals surface area contributed by atoms with E-state index in [4.69, 9.17) is 9.72 Å². The monoisotopic (exact) mass is 546 g/mol. The summed E-state index contributed by atoms with van der Waals surface area (Å²) in [6.07, 6.45) is 1.74. The Balaban J connectivity index is 1.59.